The van der Waals surface area contributed by atoms with Gasteiger partial charge in [0.1, 0.15) is 18.0 Å². The molecular formula is C24H22N6. The molecule has 5 rings (SSSR count). The van der Waals surface area contributed by atoms with E-state index >= 15 is 0 Å². The van der Waals surface area contributed by atoms with Crippen molar-refractivity contribution in [3.8, 4) is 11.3 Å². The Morgan fingerprint density at radius 1 is 1.00 bits per heavy atom. The molecule has 6 nitrogen and oxygen atoms in total. The van der Waals surface area contributed by atoms with Gasteiger partial charge >= 0.3 is 0 Å². The lowest BCUT2D eigenvalue weighted by Gasteiger charge is -2.28. The van der Waals surface area contributed by atoms with E-state index in [0.29, 0.717) is 29.0 Å². The van der Waals surface area contributed by atoms with E-state index in [-0.39, 0.29) is 0 Å². The van der Waals surface area contributed by atoms with Crippen LogP contribution >= 0.6 is 0 Å². The molecule has 0 atom stereocenters. The zero-order valence-electron chi connectivity index (χ0n) is 16.5. The van der Waals surface area contributed by atoms with Gasteiger partial charge in [0.2, 0.25) is 0 Å². The lowest BCUT2D eigenvalue weighted by molar-refractivity contribution is 0.444. The number of aromatic nitrogens is 3. The summed E-state index contributed by atoms with van der Waals surface area (Å²) in [5.41, 5.74) is 10.5. The molecule has 1 fully saturated rings. The fourth-order valence-corrected chi connectivity index (χ4v) is 3.69. The maximum absolute atomic E-state index is 8.84. The van der Waals surface area contributed by atoms with Gasteiger partial charge < -0.3 is 11.1 Å². The van der Waals surface area contributed by atoms with E-state index in [1.165, 1.54) is 12.7 Å². The number of benzene rings is 2. The Labute approximate surface area is 174 Å². The molecule has 1 saturated carbocycles. The molecule has 0 bridgehead atoms. The van der Waals surface area contributed by atoms with Crippen molar-refractivity contribution in [2.24, 2.45) is 0 Å². The van der Waals surface area contributed by atoms with E-state index in [2.05, 4.69) is 21.4 Å². The minimum atomic E-state index is 0.295. The Morgan fingerprint density at radius 2 is 1.80 bits per heavy atom. The van der Waals surface area contributed by atoms with Crippen molar-refractivity contribution in [3.05, 3.63) is 78.1 Å². The molecule has 1 aliphatic carbocycles. The number of pyridine rings is 1. The van der Waals surface area contributed by atoms with Gasteiger partial charge in [-0.2, -0.15) is 0 Å². The van der Waals surface area contributed by atoms with E-state index < -0.39 is 0 Å². The number of nitrogens with two attached hydrogens (primary N) is 1. The molecule has 2 heterocycles. The number of nitrogens with zero attached hydrogens (tertiary/aromatic N) is 3. The minimum absolute atomic E-state index is 0.295. The Balaban J connectivity index is 1.54. The quantitative estimate of drug-likeness (QED) is 0.428. The van der Waals surface area contributed by atoms with Gasteiger partial charge in [0.05, 0.1) is 22.5 Å². The van der Waals surface area contributed by atoms with E-state index in [1.807, 2.05) is 54.6 Å². The topological polar surface area (TPSA) is 101 Å². The van der Waals surface area contributed by atoms with Crippen molar-refractivity contribution >= 4 is 28.3 Å². The predicted molar refractivity (Wildman–Crippen MR) is 121 cm³/mol. The fourth-order valence-electron chi connectivity index (χ4n) is 3.69. The number of nitrogens with one attached hydrogen (secondary N) is 2. The summed E-state index contributed by atoms with van der Waals surface area (Å²) in [5.74, 6) is 0.936. The van der Waals surface area contributed by atoms with Crippen molar-refractivity contribution in [1.29, 1.82) is 5.41 Å². The van der Waals surface area contributed by atoms with Crippen molar-refractivity contribution in [3.63, 3.8) is 0 Å². The number of anilines is 2. The highest BCUT2D eigenvalue weighted by atomic mass is 15.1. The zero-order valence-corrected chi connectivity index (χ0v) is 16.5. The van der Waals surface area contributed by atoms with Crippen LogP contribution < -0.4 is 11.1 Å². The number of hydrogen-bond acceptors (Lipinski definition) is 6. The molecule has 6 heteroatoms. The monoisotopic (exact) mass is 394 g/mol. The summed E-state index contributed by atoms with van der Waals surface area (Å²) in [6.45, 7) is 0. The minimum Gasteiger partial charge on any atom is -0.383 e. The van der Waals surface area contributed by atoms with E-state index in [4.69, 9.17) is 16.1 Å². The average Bonchev–Trinajstić information content (AvgIpc) is 2.76. The normalized spacial score (nSPS) is 13.7. The van der Waals surface area contributed by atoms with Crippen LogP contribution in [-0.4, -0.2) is 26.7 Å². The standard InChI is InChI=1S/C24H22N6/c25-22(21-23(26)27-14-28-24(21)29-18-7-4-8-18)17-10-9-16-11-12-19(30-20(16)13-17)15-5-2-1-3-6-15/h1-3,5-6,9-14,18,25H,4,7-8H2,(H3,26,27,28,29). The summed E-state index contributed by atoms with van der Waals surface area (Å²) >= 11 is 0. The van der Waals surface area contributed by atoms with Crippen molar-refractivity contribution in [2.75, 3.05) is 11.1 Å². The van der Waals surface area contributed by atoms with Crippen molar-refractivity contribution in [1.82, 2.24) is 15.0 Å². The molecule has 0 unspecified atom stereocenters. The molecular weight excluding hydrogens is 372 g/mol. The van der Waals surface area contributed by atoms with Gasteiger partial charge in [-0.15, -0.1) is 0 Å². The van der Waals surface area contributed by atoms with Crippen LogP contribution in [0.3, 0.4) is 0 Å². The number of hydrogen-bond donors (Lipinski definition) is 3. The van der Waals surface area contributed by atoms with Crippen LogP contribution in [0, 0.1) is 5.41 Å². The lowest BCUT2D eigenvalue weighted by atomic mass is 9.92. The lowest BCUT2D eigenvalue weighted by Crippen LogP contribution is -2.29. The second-order valence-corrected chi connectivity index (χ2v) is 7.60. The first-order valence-corrected chi connectivity index (χ1v) is 10.1. The van der Waals surface area contributed by atoms with Gasteiger partial charge in [-0.25, -0.2) is 15.0 Å². The van der Waals surface area contributed by atoms with Gasteiger partial charge in [-0.3, -0.25) is 5.41 Å². The third-order valence-electron chi connectivity index (χ3n) is 5.62. The van der Waals surface area contributed by atoms with Crippen molar-refractivity contribution in [2.45, 2.75) is 25.3 Å². The smallest absolute Gasteiger partial charge is 0.141 e. The first kappa shape index (κ1) is 18.2. The molecule has 2 aromatic heterocycles. The zero-order chi connectivity index (χ0) is 20.5. The summed E-state index contributed by atoms with van der Waals surface area (Å²) in [7, 11) is 0. The largest absolute Gasteiger partial charge is 0.383 e. The first-order valence-electron chi connectivity index (χ1n) is 10.1. The molecule has 148 valence electrons. The van der Waals surface area contributed by atoms with Crippen LogP contribution in [0.5, 0.6) is 0 Å². The maximum Gasteiger partial charge on any atom is 0.141 e. The number of rotatable bonds is 5. The van der Waals surface area contributed by atoms with Crippen molar-refractivity contribution < 1.29 is 0 Å². The third-order valence-corrected chi connectivity index (χ3v) is 5.62. The Bertz CT molecular complexity index is 1230. The molecule has 0 spiro atoms. The number of fused-ring (bicyclic) bond motifs is 1. The summed E-state index contributed by atoms with van der Waals surface area (Å²) in [5, 5.41) is 13.3. The van der Waals surface area contributed by atoms with Crippen LogP contribution in [-0.2, 0) is 0 Å². The molecule has 4 N–H and O–H groups in total. The Kier molecular flexibility index (Phi) is 4.59. The van der Waals surface area contributed by atoms with E-state index in [9.17, 15) is 0 Å². The SMILES string of the molecule is N=C(c1ccc2ccc(-c3ccccc3)nc2c1)c1c(N)ncnc1NC1CCC1. The summed E-state index contributed by atoms with van der Waals surface area (Å²) in [4.78, 5) is 13.3. The molecule has 2 aromatic carbocycles. The van der Waals surface area contributed by atoms with Gasteiger partial charge in [0, 0.05) is 22.6 Å². The maximum atomic E-state index is 8.84. The van der Waals surface area contributed by atoms with E-state index in [0.717, 1.165) is 40.6 Å². The fraction of sp³-hybridized carbons (Fsp3) is 0.167. The third kappa shape index (κ3) is 3.37. The highest BCUT2D eigenvalue weighted by Crippen LogP contribution is 2.28. The second kappa shape index (κ2) is 7.55. The van der Waals surface area contributed by atoms with Gasteiger partial charge in [0.15, 0.2) is 0 Å². The molecule has 1 aliphatic rings. The van der Waals surface area contributed by atoms with Crippen LogP contribution in [0.2, 0.25) is 0 Å². The molecule has 0 amide bonds. The highest BCUT2D eigenvalue weighted by molar-refractivity contribution is 6.17. The molecule has 0 saturated heterocycles. The molecule has 0 aliphatic heterocycles. The summed E-state index contributed by atoms with van der Waals surface area (Å²) in [6.07, 6.45) is 4.88. The molecule has 0 radical (unpaired) electrons. The van der Waals surface area contributed by atoms with Gasteiger partial charge in [0.25, 0.3) is 0 Å². The van der Waals surface area contributed by atoms with E-state index in [1.54, 1.807) is 0 Å². The number of nitrogen functional groups attached to an aromatic ring is 1. The Morgan fingerprint density at radius 3 is 2.57 bits per heavy atom. The molecule has 4 aromatic rings. The summed E-state index contributed by atoms with van der Waals surface area (Å²) in [6, 6.07) is 20.4. The summed E-state index contributed by atoms with van der Waals surface area (Å²) < 4.78 is 0. The average molecular weight is 394 g/mol. The van der Waals surface area contributed by atoms with Crippen LogP contribution in [0.4, 0.5) is 11.6 Å². The van der Waals surface area contributed by atoms with Crippen LogP contribution in [0.25, 0.3) is 22.2 Å². The van der Waals surface area contributed by atoms with Crippen LogP contribution in [0.15, 0.2) is 67.0 Å². The Hall–Kier alpha value is -3.80. The van der Waals surface area contributed by atoms with Gasteiger partial charge in [-0.1, -0.05) is 48.5 Å². The van der Waals surface area contributed by atoms with Crippen LogP contribution in [0.1, 0.15) is 30.4 Å². The second-order valence-electron chi connectivity index (χ2n) is 7.60. The predicted octanol–water partition coefficient (Wildman–Crippen LogP) is 4.65. The first-order chi connectivity index (χ1) is 14.7. The molecule has 30 heavy (non-hydrogen) atoms. The highest BCUT2D eigenvalue weighted by Gasteiger charge is 2.22. The van der Waals surface area contributed by atoms with Gasteiger partial charge in [-0.05, 0) is 31.4 Å².